The molecule has 0 unspecified atom stereocenters. The summed E-state index contributed by atoms with van der Waals surface area (Å²) in [6.45, 7) is 0.757. The predicted octanol–water partition coefficient (Wildman–Crippen LogP) is 1.42. The molecule has 3 rings (SSSR count). The fourth-order valence-corrected chi connectivity index (χ4v) is 2.82. The Labute approximate surface area is 132 Å². The van der Waals surface area contributed by atoms with E-state index in [1.165, 1.54) is 12.5 Å². The van der Waals surface area contributed by atoms with Crippen molar-refractivity contribution in [3.05, 3.63) is 24.5 Å². The number of nitrogens with zero attached hydrogens (tertiary/aromatic N) is 3. The summed E-state index contributed by atoms with van der Waals surface area (Å²) in [6, 6.07) is 1.64. The summed E-state index contributed by atoms with van der Waals surface area (Å²) < 4.78 is 23.7. The first-order valence-corrected chi connectivity index (χ1v) is 7.60. The third-order valence-corrected chi connectivity index (χ3v) is 3.92. The second kappa shape index (κ2) is 6.91. The molecule has 3 heterocycles. The Balaban J connectivity index is 1.56. The lowest BCUT2D eigenvalue weighted by Gasteiger charge is -2.23. The predicted molar refractivity (Wildman–Crippen MR) is 79.3 cm³/mol. The Hall–Kier alpha value is -2.22. The number of aryl methyl sites for hydroxylation is 1. The summed E-state index contributed by atoms with van der Waals surface area (Å²) in [5.74, 6) is 0.725. The quantitative estimate of drug-likeness (QED) is 0.866. The first-order chi connectivity index (χ1) is 11.2. The Kier molecular flexibility index (Phi) is 4.71. The van der Waals surface area contributed by atoms with Gasteiger partial charge in [0.15, 0.2) is 0 Å². The Morgan fingerprint density at radius 3 is 3.17 bits per heavy atom. The van der Waals surface area contributed by atoms with Crippen molar-refractivity contribution in [3.8, 4) is 11.4 Å². The smallest absolute Gasteiger partial charge is 0.227 e. The van der Waals surface area contributed by atoms with Crippen molar-refractivity contribution in [2.24, 2.45) is 0 Å². The van der Waals surface area contributed by atoms with Crippen LogP contribution < -0.4 is 5.32 Å². The van der Waals surface area contributed by atoms with Gasteiger partial charge in [-0.2, -0.15) is 4.98 Å². The van der Waals surface area contributed by atoms with Gasteiger partial charge in [0, 0.05) is 31.8 Å². The van der Waals surface area contributed by atoms with Gasteiger partial charge in [-0.05, 0) is 13.1 Å². The largest absolute Gasteiger partial charge is 0.472 e. The number of rotatable bonds is 6. The molecule has 7 nitrogen and oxygen atoms in total. The van der Waals surface area contributed by atoms with Gasteiger partial charge in [-0.3, -0.25) is 4.79 Å². The summed E-state index contributed by atoms with van der Waals surface area (Å²) in [7, 11) is 1.80. The molecule has 1 aliphatic heterocycles. The van der Waals surface area contributed by atoms with Crippen LogP contribution in [0.3, 0.4) is 0 Å². The lowest BCUT2D eigenvalue weighted by atomic mass is 10.2. The zero-order valence-corrected chi connectivity index (χ0v) is 12.9. The van der Waals surface area contributed by atoms with Crippen LogP contribution in [-0.4, -0.2) is 53.3 Å². The van der Waals surface area contributed by atoms with Crippen LogP contribution in [0.5, 0.6) is 0 Å². The SMILES string of the molecule is CNC[C@@H]1C[C@H](F)CN1C(=O)CCc1nc(-c2ccoc2)no1. The van der Waals surface area contributed by atoms with Crippen LogP contribution in [0.2, 0.25) is 0 Å². The first kappa shape index (κ1) is 15.7. The molecule has 1 fully saturated rings. The molecule has 124 valence electrons. The number of nitrogens with one attached hydrogen (secondary N) is 1. The third-order valence-electron chi connectivity index (χ3n) is 3.92. The van der Waals surface area contributed by atoms with Crippen molar-refractivity contribution in [2.45, 2.75) is 31.5 Å². The average Bonchev–Trinajstić information content (AvgIpc) is 3.25. The van der Waals surface area contributed by atoms with Gasteiger partial charge in [0.1, 0.15) is 12.4 Å². The number of amides is 1. The molecule has 8 heteroatoms. The molecule has 2 atom stereocenters. The second-order valence-corrected chi connectivity index (χ2v) is 5.61. The molecule has 1 saturated heterocycles. The van der Waals surface area contributed by atoms with Crippen molar-refractivity contribution < 1.29 is 18.1 Å². The minimum absolute atomic E-state index is 0.0894. The minimum Gasteiger partial charge on any atom is -0.472 e. The molecule has 0 saturated carbocycles. The number of carbonyl (C=O) groups is 1. The van der Waals surface area contributed by atoms with Crippen LogP contribution in [0.4, 0.5) is 4.39 Å². The molecule has 1 amide bonds. The van der Waals surface area contributed by atoms with Crippen molar-refractivity contribution in [3.63, 3.8) is 0 Å². The zero-order chi connectivity index (χ0) is 16.2. The van der Waals surface area contributed by atoms with E-state index >= 15 is 0 Å². The number of likely N-dealkylation sites (N-methyl/N-ethyl adjacent to an activating group) is 1. The van der Waals surface area contributed by atoms with E-state index in [-0.39, 0.29) is 24.9 Å². The molecule has 0 bridgehead atoms. The van der Waals surface area contributed by atoms with E-state index in [0.717, 1.165) is 5.56 Å². The van der Waals surface area contributed by atoms with Crippen molar-refractivity contribution in [1.82, 2.24) is 20.4 Å². The average molecular weight is 322 g/mol. The van der Waals surface area contributed by atoms with Crippen LogP contribution >= 0.6 is 0 Å². The van der Waals surface area contributed by atoms with Crippen LogP contribution in [0.1, 0.15) is 18.7 Å². The minimum atomic E-state index is -0.951. The Morgan fingerprint density at radius 2 is 2.43 bits per heavy atom. The monoisotopic (exact) mass is 322 g/mol. The summed E-state index contributed by atoms with van der Waals surface area (Å²) in [4.78, 5) is 18.1. The second-order valence-electron chi connectivity index (χ2n) is 5.61. The number of halogens is 1. The van der Waals surface area contributed by atoms with Crippen molar-refractivity contribution in [2.75, 3.05) is 20.1 Å². The third kappa shape index (κ3) is 3.58. The van der Waals surface area contributed by atoms with Gasteiger partial charge >= 0.3 is 0 Å². The summed E-state index contributed by atoms with van der Waals surface area (Å²) >= 11 is 0. The Morgan fingerprint density at radius 1 is 1.57 bits per heavy atom. The molecular formula is C15H19FN4O3. The number of hydrogen-bond donors (Lipinski definition) is 1. The molecule has 1 aliphatic rings. The standard InChI is InChI=1S/C15H19FN4O3/c1-17-7-12-6-11(16)8-20(12)14(21)3-2-13-18-15(19-23-13)10-4-5-22-9-10/h4-5,9,11-12,17H,2-3,6-8H2,1H3/t11-,12-/m0/s1. The molecular weight excluding hydrogens is 303 g/mol. The van der Waals surface area contributed by atoms with Gasteiger partial charge < -0.3 is 19.2 Å². The van der Waals surface area contributed by atoms with Crippen LogP contribution in [-0.2, 0) is 11.2 Å². The summed E-state index contributed by atoms with van der Waals surface area (Å²) in [5, 5.41) is 6.85. The van der Waals surface area contributed by atoms with E-state index in [1.807, 2.05) is 0 Å². The number of furan rings is 1. The maximum Gasteiger partial charge on any atom is 0.227 e. The van der Waals surface area contributed by atoms with Gasteiger partial charge in [0.2, 0.25) is 17.6 Å². The molecule has 2 aromatic heterocycles. The van der Waals surface area contributed by atoms with Gasteiger partial charge in [0.05, 0.1) is 18.4 Å². The summed E-state index contributed by atoms with van der Waals surface area (Å²) in [6.07, 6.45) is 3.04. The highest BCUT2D eigenvalue weighted by Gasteiger charge is 2.34. The normalized spacial score (nSPS) is 21.0. The van der Waals surface area contributed by atoms with Crippen molar-refractivity contribution >= 4 is 5.91 Å². The molecule has 1 N–H and O–H groups in total. The van der Waals surface area contributed by atoms with Gasteiger partial charge in [-0.15, -0.1) is 0 Å². The maximum absolute atomic E-state index is 13.6. The van der Waals surface area contributed by atoms with Crippen LogP contribution in [0.15, 0.2) is 27.5 Å². The number of likely N-dealkylation sites (tertiary alicyclic amines) is 1. The zero-order valence-electron chi connectivity index (χ0n) is 12.9. The number of aromatic nitrogens is 2. The lowest BCUT2D eigenvalue weighted by Crippen LogP contribution is -2.41. The lowest BCUT2D eigenvalue weighted by molar-refractivity contribution is -0.132. The highest BCUT2D eigenvalue weighted by Crippen LogP contribution is 2.22. The van der Waals surface area contributed by atoms with E-state index < -0.39 is 6.17 Å². The highest BCUT2D eigenvalue weighted by atomic mass is 19.1. The molecule has 0 spiro atoms. The topological polar surface area (TPSA) is 84.4 Å². The van der Waals surface area contributed by atoms with Gasteiger partial charge in [0.25, 0.3) is 0 Å². The molecule has 2 aromatic rings. The molecule has 0 aliphatic carbocycles. The fourth-order valence-electron chi connectivity index (χ4n) is 2.82. The molecule has 0 radical (unpaired) electrons. The molecule has 0 aromatic carbocycles. The van der Waals surface area contributed by atoms with E-state index in [9.17, 15) is 9.18 Å². The number of hydrogen-bond acceptors (Lipinski definition) is 6. The van der Waals surface area contributed by atoms with Gasteiger partial charge in [-0.25, -0.2) is 4.39 Å². The molecule has 23 heavy (non-hydrogen) atoms. The summed E-state index contributed by atoms with van der Waals surface area (Å²) in [5.41, 5.74) is 0.722. The first-order valence-electron chi connectivity index (χ1n) is 7.60. The van der Waals surface area contributed by atoms with E-state index in [4.69, 9.17) is 8.94 Å². The van der Waals surface area contributed by atoms with E-state index in [1.54, 1.807) is 18.0 Å². The Bertz CT molecular complexity index is 643. The van der Waals surface area contributed by atoms with Crippen LogP contribution in [0.25, 0.3) is 11.4 Å². The van der Waals surface area contributed by atoms with Crippen LogP contribution in [0, 0.1) is 0 Å². The number of carbonyl (C=O) groups excluding carboxylic acids is 1. The fraction of sp³-hybridized carbons (Fsp3) is 0.533. The van der Waals surface area contributed by atoms with E-state index in [0.29, 0.717) is 31.1 Å². The highest BCUT2D eigenvalue weighted by molar-refractivity contribution is 5.77. The van der Waals surface area contributed by atoms with Crippen molar-refractivity contribution in [1.29, 1.82) is 0 Å². The maximum atomic E-state index is 13.6. The van der Waals surface area contributed by atoms with E-state index in [2.05, 4.69) is 15.5 Å². The van der Waals surface area contributed by atoms with Gasteiger partial charge in [-0.1, -0.05) is 5.16 Å². The number of alkyl halides is 1.